The van der Waals surface area contributed by atoms with Crippen LogP contribution < -0.4 is 0 Å². The van der Waals surface area contributed by atoms with Crippen molar-refractivity contribution in [2.24, 2.45) is 28.2 Å². The van der Waals surface area contributed by atoms with Crippen LogP contribution in [-0.2, 0) is 4.79 Å². The summed E-state index contributed by atoms with van der Waals surface area (Å²) in [6.45, 7) is 1.90. The molecule has 5 aliphatic rings. The van der Waals surface area contributed by atoms with Crippen molar-refractivity contribution in [3.8, 4) is 0 Å². The van der Waals surface area contributed by atoms with Gasteiger partial charge in [0, 0.05) is 19.0 Å². The van der Waals surface area contributed by atoms with Crippen molar-refractivity contribution in [2.45, 2.75) is 38.5 Å². The zero-order valence-electron chi connectivity index (χ0n) is 12.3. The first kappa shape index (κ1) is 13.2. The number of carbonyl (C=O) groups is 1. The van der Waals surface area contributed by atoms with Crippen molar-refractivity contribution in [3.05, 3.63) is 0 Å². The molecule has 0 saturated heterocycles. The van der Waals surface area contributed by atoms with Gasteiger partial charge in [0.25, 0.3) is 0 Å². The van der Waals surface area contributed by atoms with E-state index in [4.69, 9.17) is 0 Å². The molecule has 4 aliphatic carbocycles. The first-order chi connectivity index (χ1) is 9.64. The van der Waals surface area contributed by atoms with Gasteiger partial charge in [0.2, 0.25) is 0 Å². The Labute approximate surface area is 125 Å². The standard InChI is InChI=1S/C16H24N2OS/c1-18-3-2-17-15(18)20-10-14(19)16-7-11-4-12(8-16)6-13(5-11)9-16/h11-13H,2-10H2,1H3. The number of ketones is 1. The number of likely N-dealkylation sites (N-methyl/N-ethyl adjacent to an activating group) is 1. The summed E-state index contributed by atoms with van der Waals surface area (Å²) in [5.74, 6) is 3.77. The van der Waals surface area contributed by atoms with E-state index in [-0.39, 0.29) is 5.41 Å². The lowest BCUT2D eigenvalue weighted by Gasteiger charge is -2.56. The largest absolute Gasteiger partial charge is 0.353 e. The molecule has 0 unspecified atom stereocenters. The van der Waals surface area contributed by atoms with Crippen LogP contribution in [0.15, 0.2) is 4.99 Å². The fourth-order valence-corrected chi connectivity index (χ4v) is 6.46. The predicted octanol–water partition coefficient (Wildman–Crippen LogP) is 2.81. The van der Waals surface area contributed by atoms with E-state index in [1.165, 1.54) is 38.5 Å². The maximum atomic E-state index is 12.9. The molecule has 3 nitrogen and oxygen atoms in total. The SMILES string of the molecule is CN1CCN=C1SCC(=O)C12CC3CC(CC(C3)C1)C2. The van der Waals surface area contributed by atoms with Gasteiger partial charge in [-0.2, -0.15) is 0 Å². The van der Waals surface area contributed by atoms with E-state index in [0.717, 1.165) is 36.0 Å². The van der Waals surface area contributed by atoms with Gasteiger partial charge < -0.3 is 4.90 Å². The maximum Gasteiger partial charge on any atom is 0.159 e. The summed E-state index contributed by atoms with van der Waals surface area (Å²) in [7, 11) is 2.08. The van der Waals surface area contributed by atoms with Crippen LogP contribution in [0.3, 0.4) is 0 Å². The van der Waals surface area contributed by atoms with Crippen LogP contribution in [0, 0.1) is 23.2 Å². The minimum absolute atomic E-state index is 0.0689. The highest BCUT2D eigenvalue weighted by Gasteiger charge is 2.54. The van der Waals surface area contributed by atoms with Crippen LogP contribution in [-0.4, -0.2) is 41.7 Å². The molecule has 0 atom stereocenters. The summed E-state index contributed by atoms with van der Waals surface area (Å²) in [6.07, 6.45) is 7.82. The highest BCUT2D eigenvalue weighted by Crippen LogP contribution is 2.60. The fourth-order valence-electron chi connectivity index (χ4n) is 5.40. The van der Waals surface area contributed by atoms with E-state index in [9.17, 15) is 4.79 Å². The molecule has 4 heteroatoms. The number of hydrogen-bond donors (Lipinski definition) is 0. The molecular weight excluding hydrogens is 268 g/mol. The predicted molar refractivity (Wildman–Crippen MR) is 83.0 cm³/mol. The lowest BCUT2D eigenvalue weighted by molar-refractivity contribution is -0.140. The molecule has 0 spiro atoms. The summed E-state index contributed by atoms with van der Waals surface area (Å²) in [5, 5.41) is 1.07. The monoisotopic (exact) mass is 292 g/mol. The fraction of sp³-hybridized carbons (Fsp3) is 0.875. The number of Topliss-reactive ketones (excluding diaryl/α,β-unsaturated/α-hetero) is 1. The number of hydrogen-bond acceptors (Lipinski definition) is 4. The Balaban J connectivity index is 1.43. The third-order valence-electron chi connectivity index (χ3n) is 5.97. The van der Waals surface area contributed by atoms with Crippen LogP contribution >= 0.6 is 11.8 Å². The number of rotatable bonds is 3. The van der Waals surface area contributed by atoms with Crippen LogP contribution in [0.25, 0.3) is 0 Å². The third kappa shape index (κ3) is 2.11. The van der Waals surface area contributed by atoms with E-state index in [0.29, 0.717) is 11.5 Å². The lowest BCUT2D eigenvalue weighted by atomic mass is 9.48. The molecule has 1 heterocycles. The second-order valence-electron chi connectivity index (χ2n) is 7.50. The summed E-state index contributed by atoms with van der Waals surface area (Å²) in [4.78, 5) is 19.5. The van der Waals surface area contributed by atoms with Gasteiger partial charge in [0.05, 0.1) is 12.3 Å². The van der Waals surface area contributed by atoms with Gasteiger partial charge in [0.15, 0.2) is 5.17 Å². The molecule has 0 amide bonds. The number of aliphatic imine (C=N–C) groups is 1. The normalized spacial score (nSPS) is 42.1. The molecule has 0 radical (unpaired) electrons. The Morgan fingerprint density at radius 3 is 2.35 bits per heavy atom. The van der Waals surface area contributed by atoms with Crippen molar-refractivity contribution in [2.75, 3.05) is 25.9 Å². The van der Waals surface area contributed by atoms with Gasteiger partial charge in [-0.25, -0.2) is 0 Å². The highest BCUT2D eigenvalue weighted by molar-refractivity contribution is 8.14. The summed E-state index contributed by atoms with van der Waals surface area (Å²) in [5.41, 5.74) is 0.0689. The topological polar surface area (TPSA) is 32.7 Å². The molecule has 0 aromatic carbocycles. The Bertz CT molecular complexity index is 424. The molecule has 4 fully saturated rings. The zero-order valence-corrected chi connectivity index (χ0v) is 13.1. The third-order valence-corrected chi connectivity index (χ3v) is 7.08. The van der Waals surface area contributed by atoms with Gasteiger partial charge in [-0.1, -0.05) is 11.8 Å². The van der Waals surface area contributed by atoms with Crippen LogP contribution in [0.1, 0.15) is 38.5 Å². The Morgan fingerprint density at radius 2 is 1.85 bits per heavy atom. The molecule has 5 rings (SSSR count). The Hall–Kier alpha value is -0.510. The number of carbonyl (C=O) groups excluding carboxylic acids is 1. The van der Waals surface area contributed by atoms with Gasteiger partial charge in [-0.3, -0.25) is 9.79 Å². The highest BCUT2D eigenvalue weighted by atomic mass is 32.2. The summed E-state index contributed by atoms with van der Waals surface area (Å²) < 4.78 is 0. The first-order valence-electron chi connectivity index (χ1n) is 8.06. The van der Waals surface area contributed by atoms with Crippen molar-refractivity contribution in [1.82, 2.24) is 4.90 Å². The molecule has 4 saturated carbocycles. The van der Waals surface area contributed by atoms with Crippen molar-refractivity contribution in [3.63, 3.8) is 0 Å². The molecule has 4 bridgehead atoms. The van der Waals surface area contributed by atoms with Gasteiger partial charge >= 0.3 is 0 Å². The average Bonchev–Trinajstić information content (AvgIpc) is 2.80. The molecular formula is C16H24N2OS. The molecule has 0 aromatic heterocycles. The average molecular weight is 292 g/mol. The minimum atomic E-state index is 0.0689. The second-order valence-corrected chi connectivity index (χ2v) is 8.44. The Morgan fingerprint density at radius 1 is 1.25 bits per heavy atom. The van der Waals surface area contributed by atoms with Crippen molar-refractivity contribution >= 4 is 22.7 Å². The molecule has 20 heavy (non-hydrogen) atoms. The smallest absolute Gasteiger partial charge is 0.159 e. The quantitative estimate of drug-likeness (QED) is 0.802. The van der Waals surface area contributed by atoms with Gasteiger partial charge in [-0.05, 0) is 56.3 Å². The van der Waals surface area contributed by atoms with E-state index in [1.54, 1.807) is 11.8 Å². The maximum absolute atomic E-state index is 12.9. The number of amidine groups is 1. The summed E-state index contributed by atoms with van der Waals surface area (Å²) >= 11 is 1.68. The molecule has 0 aromatic rings. The molecule has 0 N–H and O–H groups in total. The molecule has 110 valence electrons. The second kappa shape index (κ2) is 4.75. The van der Waals surface area contributed by atoms with Crippen LogP contribution in [0.2, 0.25) is 0 Å². The Kier molecular flexibility index (Phi) is 3.13. The first-order valence-corrected chi connectivity index (χ1v) is 9.05. The minimum Gasteiger partial charge on any atom is -0.353 e. The summed E-state index contributed by atoms with van der Waals surface area (Å²) in [6, 6.07) is 0. The lowest BCUT2D eigenvalue weighted by Crippen LogP contribution is -2.50. The van der Waals surface area contributed by atoms with Gasteiger partial charge in [-0.15, -0.1) is 0 Å². The van der Waals surface area contributed by atoms with Crippen molar-refractivity contribution in [1.29, 1.82) is 0 Å². The van der Waals surface area contributed by atoms with Crippen LogP contribution in [0.5, 0.6) is 0 Å². The number of nitrogens with zero attached hydrogens (tertiary/aromatic N) is 2. The van der Waals surface area contributed by atoms with Crippen molar-refractivity contribution < 1.29 is 4.79 Å². The van der Waals surface area contributed by atoms with Crippen LogP contribution in [0.4, 0.5) is 0 Å². The zero-order chi connectivity index (χ0) is 13.7. The van der Waals surface area contributed by atoms with E-state index < -0.39 is 0 Å². The van der Waals surface area contributed by atoms with Gasteiger partial charge in [0.1, 0.15) is 5.78 Å². The van der Waals surface area contributed by atoms with E-state index >= 15 is 0 Å². The number of thioether (sulfide) groups is 1. The molecule has 1 aliphatic heterocycles. The van der Waals surface area contributed by atoms with E-state index in [2.05, 4.69) is 16.9 Å². The van der Waals surface area contributed by atoms with E-state index in [1.807, 2.05) is 0 Å².